The zero-order valence-corrected chi connectivity index (χ0v) is 15.1. The Morgan fingerprint density at radius 2 is 1.96 bits per heavy atom. The molecule has 0 unspecified atom stereocenters. The summed E-state index contributed by atoms with van der Waals surface area (Å²) in [7, 11) is 3.65. The van der Waals surface area contributed by atoms with Crippen LogP contribution in [0.2, 0.25) is 0 Å². The molecule has 0 aliphatic heterocycles. The van der Waals surface area contributed by atoms with Crippen molar-refractivity contribution in [1.29, 1.82) is 0 Å². The van der Waals surface area contributed by atoms with Gasteiger partial charge in [-0.25, -0.2) is 4.98 Å². The Morgan fingerprint density at radius 3 is 2.54 bits per heavy atom. The van der Waals surface area contributed by atoms with Gasteiger partial charge in [-0.3, -0.25) is 9.67 Å². The Labute approximate surface area is 144 Å². The Hall–Kier alpha value is -2.37. The van der Waals surface area contributed by atoms with Gasteiger partial charge in [0.25, 0.3) is 0 Å². The summed E-state index contributed by atoms with van der Waals surface area (Å²) in [5.74, 6) is 2.25. The van der Waals surface area contributed by atoms with Crippen LogP contribution in [-0.4, -0.2) is 34.3 Å². The SMILES string of the molecule is CN=C(NCCCc1ccc(C(C)C)cc1)NCc1ncnn1C. The van der Waals surface area contributed by atoms with Gasteiger partial charge in [0, 0.05) is 20.6 Å². The van der Waals surface area contributed by atoms with E-state index in [0.29, 0.717) is 12.5 Å². The number of hydrogen-bond acceptors (Lipinski definition) is 3. The van der Waals surface area contributed by atoms with E-state index in [1.165, 1.54) is 11.1 Å². The maximum Gasteiger partial charge on any atom is 0.191 e. The zero-order valence-electron chi connectivity index (χ0n) is 15.1. The van der Waals surface area contributed by atoms with E-state index in [1.54, 1.807) is 18.1 Å². The van der Waals surface area contributed by atoms with Crippen molar-refractivity contribution >= 4 is 5.96 Å². The van der Waals surface area contributed by atoms with E-state index in [9.17, 15) is 0 Å². The molecule has 24 heavy (non-hydrogen) atoms. The third-order valence-electron chi connectivity index (χ3n) is 4.02. The molecule has 1 heterocycles. The van der Waals surface area contributed by atoms with Gasteiger partial charge in [0.1, 0.15) is 12.2 Å². The van der Waals surface area contributed by atoms with Gasteiger partial charge in [-0.2, -0.15) is 5.10 Å². The standard InChI is InChI=1S/C18H28N6/c1-14(2)16-9-7-15(8-10-16)6-5-11-20-18(19-3)21-12-17-22-13-23-24(17)4/h7-10,13-14H,5-6,11-12H2,1-4H3,(H2,19,20,21). The van der Waals surface area contributed by atoms with Crippen molar-refractivity contribution in [2.24, 2.45) is 12.0 Å². The zero-order chi connectivity index (χ0) is 17.4. The first kappa shape index (κ1) is 18.0. The molecule has 0 aliphatic rings. The topological polar surface area (TPSA) is 67.1 Å². The van der Waals surface area contributed by atoms with Crippen molar-refractivity contribution in [3.8, 4) is 0 Å². The molecule has 0 radical (unpaired) electrons. The number of nitrogens with zero attached hydrogens (tertiary/aromatic N) is 4. The summed E-state index contributed by atoms with van der Waals surface area (Å²) in [6.07, 6.45) is 3.68. The third kappa shape index (κ3) is 5.37. The molecule has 0 saturated carbocycles. The smallest absolute Gasteiger partial charge is 0.191 e. The van der Waals surface area contributed by atoms with Gasteiger partial charge in [0.05, 0.1) is 6.54 Å². The lowest BCUT2D eigenvalue weighted by Gasteiger charge is -2.11. The second-order valence-corrected chi connectivity index (χ2v) is 6.15. The molecule has 0 amide bonds. The summed E-state index contributed by atoms with van der Waals surface area (Å²) >= 11 is 0. The number of aryl methyl sites for hydroxylation is 2. The van der Waals surface area contributed by atoms with Crippen molar-refractivity contribution in [2.75, 3.05) is 13.6 Å². The predicted molar refractivity (Wildman–Crippen MR) is 98.1 cm³/mol. The van der Waals surface area contributed by atoms with Gasteiger partial charge in [-0.05, 0) is 29.9 Å². The lowest BCUT2D eigenvalue weighted by Crippen LogP contribution is -2.38. The Kier molecular flexibility index (Phi) is 6.78. The van der Waals surface area contributed by atoms with Crippen LogP contribution in [0.3, 0.4) is 0 Å². The molecule has 0 atom stereocenters. The average molecular weight is 328 g/mol. The van der Waals surface area contributed by atoms with Gasteiger partial charge >= 0.3 is 0 Å². The summed E-state index contributed by atoms with van der Waals surface area (Å²) < 4.78 is 1.75. The first-order chi connectivity index (χ1) is 11.6. The van der Waals surface area contributed by atoms with E-state index < -0.39 is 0 Å². The molecule has 2 N–H and O–H groups in total. The lowest BCUT2D eigenvalue weighted by molar-refractivity contribution is 0.669. The number of aliphatic imine (C=N–C) groups is 1. The van der Waals surface area contributed by atoms with Crippen molar-refractivity contribution in [2.45, 2.75) is 39.2 Å². The van der Waals surface area contributed by atoms with Gasteiger partial charge in [-0.1, -0.05) is 38.1 Å². The van der Waals surface area contributed by atoms with E-state index in [1.807, 2.05) is 7.05 Å². The highest BCUT2D eigenvalue weighted by atomic mass is 15.3. The summed E-state index contributed by atoms with van der Waals surface area (Å²) in [6, 6.07) is 8.93. The maximum atomic E-state index is 4.23. The molecule has 0 aliphatic carbocycles. The molecular weight excluding hydrogens is 300 g/mol. The van der Waals surface area contributed by atoms with Crippen molar-refractivity contribution in [1.82, 2.24) is 25.4 Å². The van der Waals surface area contributed by atoms with Crippen LogP contribution in [0, 0.1) is 0 Å². The quantitative estimate of drug-likeness (QED) is 0.465. The molecule has 0 bridgehead atoms. The highest BCUT2D eigenvalue weighted by molar-refractivity contribution is 5.79. The van der Waals surface area contributed by atoms with Crippen LogP contribution in [0.4, 0.5) is 0 Å². The fourth-order valence-corrected chi connectivity index (χ4v) is 2.43. The molecular formula is C18H28N6. The molecule has 1 aromatic heterocycles. The molecule has 6 nitrogen and oxygen atoms in total. The number of aromatic nitrogens is 3. The molecule has 2 rings (SSSR count). The Balaban J connectivity index is 1.69. The minimum atomic E-state index is 0.587. The molecule has 0 fully saturated rings. The van der Waals surface area contributed by atoms with Gasteiger partial charge in [0.15, 0.2) is 5.96 Å². The van der Waals surface area contributed by atoms with E-state index in [4.69, 9.17) is 0 Å². The van der Waals surface area contributed by atoms with Gasteiger partial charge < -0.3 is 10.6 Å². The Morgan fingerprint density at radius 1 is 1.21 bits per heavy atom. The maximum absolute atomic E-state index is 4.23. The molecule has 0 spiro atoms. The molecule has 0 saturated heterocycles. The van der Waals surface area contributed by atoms with E-state index in [0.717, 1.165) is 31.2 Å². The van der Waals surface area contributed by atoms with Crippen LogP contribution in [0.15, 0.2) is 35.6 Å². The third-order valence-corrected chi connectivity index (χ3v) is 4.02. The largest absolute Gasteiger partial charge is 0.356 e. The molecule has 6 heteroatoms. The highest BCUT2D eigenvalue weighted by Crippen LogP contribution is 2.15. The number of rotatable bonds is 7. The molecule has 1 aromatic carbocycles. The first-order valence-corrected chi connectivity index (χ1v) is 8.46. The second-order valence-electron chi connectivity index (χ2n) is 6.15. The van der Waals surface area contributed by atoms with Crippen LogP contribution in [0.5, 0.6) is 0 Å². The number of benzene rings is 1. The fourth-order valence-electron chi connectivity index (χ4n) is 2.43. The van der Waals surface area contributed by atoms with E-state index in [2.05, 4.69) is 63.8 Å². The average Bonchev–Trinajstić information content (AvgIpc) is 2.99. The van der Waals surface area contributed by atoms with Crippen molar-refractivity contribution in [3.63, 3.8) is 0 Å². The highest BCUT2D eigenvalue weighted by Gasteiger charge is 2.03. The first-order valence-electron chi connectivity index (χ1n) is 8.46. The monoisotopic (exact) mass is 328 g/mol. The number of hydrogen-bond donors (Lipinski definition) is 2. The number of guanidine groups is 1. The number of nitrogens with one attached hydrogen (secondary N) is 2. The minimum absolute atomic E-state index is 0.587. The summed E-state index contributed by atoms with van der Waals surface area (Å²) in [4.78, 5) is 8.41. The molecule has 2 aromatic rings. The summed E-state index contributed by atoms with van der Waals surface area (Å²) in [5, 5.41) is 10.6. The van der Waals surface area contributed by atoms with Crippen molar-refractivity contribution in [3.05, 3.63) is 47.5 Å². The van der Waals surface area contributed by atoms with Crippen LogP contribution >= 0.6 is 0 Å². The predicted octanol–water partition coefficient (Wildman–Crippen LogP) is 2.24. The van der Waals surface area contributed by atoms with Crippen LogP contribution < -0.4 is 10.6 Å². The van der Waals surface area contributed by atoms with Gasteiger partial charge in [-0.15, -0.1) is 0 Å². The van der Waals surface area contributed by atoms with Gasteiger partial charge in [0.2, 0.25) is 0 Å². The van der Waals surface area contributed by atoms with E-state index in [-0.39, 0.29) is 0 Å². The fraction of sp³-hybridized carbons (Fsp3) is 0.500. The van der Waals surface area contributed by atoms with Crippen molar-refractivity contribution < 1.29 is 0 Å². The normalized spacial score (nSPS) is 11.8. The molecule has 130 valence electrons. The minimum Gasteiger partial charge on any atom is -0.356 e. The van der Waals surface area contributed by atoms with Crippen LogP contribution in [0.25, 0.3) is 0 Å². The van der Waals surface area contributed by atoms with Crippen LogP contribution in [-0.2, 0) is 20.0 Å². The Bertz CT molecular complexity index is 642. The lowest BCUT2D eigenvalue weighted by atomic mass is 10.0. The van der Waals surface area contributed by atoms with E-state index >= 15 is 0 Å². The second kappa shape index (κ2) is 9.05. The summed E-state index contributed by atoms with van der Waals surface area (Å²) in [6.45, 7) is 5.92. The summed E-state index contributed by atoms with van der Waals surface area (Å²) in [5.41, 5.74) is 2.77. The van der Waals surface area contributed by atoms with Crippen LogP contribution in [0.1, 0.15) is 43.1 Å².